The number of nitriles is 1. The molecule has 1 atom stereocenters. The number of anilines is 1. The molecule has 2 aliphatic rings. The molecule has 0 radical (unpaired) electrons. The number of ketones is 1. The zero-order valence-corrected chi connectivity index (χ0v) is 10.6. The maximum Gasteiger partial charge on any atom is 0.147 e. The molecule has 1 saturated carbocycles. The number of carbonyl (C=O) groups is 1. The predicted octanol–water partition coefficient (Wildman–Crippen LogP) is 2.61. The number of hydrogen-bond acceptors (Lipinski definition) is 3. The zero-order chi connectivity index (χ0) is 13.6. The summed E-state index contributed by atoms with van der Waals surface area (Å²) in [6.45, 7) is 0. The molecule has 1 fully saturated rings. The molecule has 1 unspecified atom stereocenters. The minimum atomic E-state index is -0.569. The molecular formula is C15H15FN2O. The molecular weight excluding hydrogens is 243 g/mol. The van der Waals surface area contributed by atoms with Crippen molar-refractivity contribution in [1.29, 1.82) is 5.26 Å². The van der Waals surface area contributed by atoms with Crippen LogP contribution in [0, 0.1) is 17.1 Å². The van der Waals surface area contributed by atoms with Gasteiger partial charge in [0, 0.05) is 6.42 Å². The van der Waals surface area contributed by atoms with Crippen molar-refractivity contribution in [1.82, 2.24) is 0 Å². The van der Waals surface area contributed by atoms with Gasteiger partial charge in [-0.1, -0.05) is 6.42 Å². The Labute approximate surface area is 111 Å². The Hall–Kier alpha value is -1.89. The molecule has 3 rings (SSSR count). The van der Waals surface area contributed by atoms with Gasteiger partial charge in [0.1, 0.15) is 17.7 Å². The molecule has 98 valence electrons. The first kappa shape index (κ1) is 12.2. The van der Waals surface area contributed by atoms with Gasteiger partial charge in [-0.15, -0.1) is 0 Å². The van der Waals surface area contributed by atoms with Gasteiger partial charge in [-0.2, -0.15) is 5.26 Å². The van der Waals surface area contributed by atoms with E-state index in [0.29, 0.717) is 19.3 Å². The number of fused-ring (bicyclic) bond motifs is 2. The number of nitrogens with two attached hydrogens (primary N) is 1. The van der Waals surface area contributed by atoms with Gasteiger partial charge in [0.25, 0.3) is 0 Å². The largest absolute Gasteiger partial charge is 0.395 e. The van der Waals surface area contributed by atoms with Crippen LogP contribution in [0.2, 0.25) is 0 Å². The van der Waals surface area contributed by atoms with Crippen LogP contribution in [0.1, 0.15) is 48.8 Å². The van der Waals surface area contributed by atoms with Gasteiger partial charge in [-0.05, 0) is 42.9 Å². The summed E-state index contributed by atoms with van der Waals surface area (Å²) in [5, 5.41) is 9.30. The molecule has 0 bridgehead atoms. The number of carbonyl (C=O) groups excluding carboxylic acids is 1. The van der Waals surface area contributed by atoms with Crippen molar-refractivity contribution in [3.63, 3.8) is 0 Å². The highest BCUT2D eigenvalue weighted by Crippen LogP contribution is 2.49. The quantitative estimate of drug-likeness (QED) is 0.727. The molecule has 19 heavy (non-hydrogen) atoms. The highest BCUT2D eigenvalue weighted by atomic mass is 19.1. The van der Waals surface area contributed by atoms with Crippen LogP contribution < -0.4 is 5.73 Å². The van der Waals surface area contributed by atoms with Crippen LogP contribution in [-0.4, -0.2) is 5.78 Å². The summed E-state index contributed by atoms with van der Waals surface area (Å²) in [4.78, 5) is 12.4. The second-order valence-corrected chi connectivity index (χ2v) is 5.51. The smallest absolute Gasteiger partial charge is 0.147 e. The molecule has 0 amide bonds. The predicted molar refractivity (Wildman–Crippen MR) is 69.0 cm³/mol. The Balaban J connectivity index is 2.27. The van der Waals surface area contributed by atoms with Crippen LogP contribution in [0.3, 0.4) is 0 Å². The summed E-state index contributed by atoms with van der Waals surface area (Å²) in [5.41, 5.74) is 6.71. The summed E-state index contributed by atoms with van der Waals surface area (Å²) in [6, 6.07) is 3.42. The monoisotopic (exact) mass is 258 g/mol. The van der Waals surface area contributed by atoms with Crippen LogP contribution in [0.15, 0.2) is 6.07 Å². The van der Waals surface area contributed by atoms with Crippen molar-refractivity contribution in [3.05, 3.63) is 28.6 Å². The third-order valence-electron chi connectivity index (χ3n) is 4.60. The van der Waals surface area contributed by atoms with Crippen molar-refractivity contribution in [2.24, 2.45) is 0 Å². The average molecular weight is 258 g/mol. The van der Waals surface area contributed by atoms with Crippen molar-refractivity contribution in [3.8, 4) is 6.07 Å². The Morgan fingerprint density at radius 3 is 2.79 bits per heavy atom. The fourth-order valence-electron chi connectivity index (χ4n) is 3.67. The normalized spacial score (nSPS) is 25.4. The number of Topliss-reactive ketones (excluding diaryl/α,β-unsaturated/α-hetero) is 1. The fraction of sp³-hybridized carbons (Fsp3) is 0.467. The van der Waals surface area contributed by atoms with Crippen molar-refractivity contribution >= 4 is 11.5 Å². The summed E-state index contributed by atoms with van der Waals surface area (Å²) in [7, 11) is 0. The highest BCUT2D eigenvalue weighted by molar-refractivity contribution is 5.93. The molecule has 2 aliphatic carbocycles. The van der Waals surface area contributed by atoms with E-state index < -0.39 is 11.2 Å². The summed E-state index contributed by atoms with van der Waals surface area (Å²) in [5.74, 6) is -0.351. The van der Waals surface area contributed by atoms with Gasteiger partial charge < -0.3 is 5.73 Å². The number of benzene rings is 1. The lowest BCUT2D eigenvalue weighted by Crippen LogP contribution is -2.37. The van der Waals surface area contributed by atoms with E-state index in [2.05, 4.69) is 0 Å². The zero-order valence-electron chi connectivity index (χ0n) is 10.6. The molecule has 1 aromatic carbocycles. The first-order valence-electron chi connectivity index (χ1n) is 6.65. The Morgan fingerprint density at radius 1 is 1.32 bits per heavy atom. The number of aryl methyl sites for hydroxylation is 1. The molecule has 3 nitrogen and oxygen atoms in total. The van der Waals surface area contributed by atoms with E-state index in [4.69, 9.17) is 5.73 Å². The number of nitrogen functional groups attached to an aromatic ring is 1. The fourth-order valence-corrected chi connectivity index (χ4v) is 3.67. The van der Waals surface area contributed by atoms with Gasteiger partial charge in [-0.3, -0.25) is 4.79 Å². The van der Waals surface area contributed by atoms with Crippen molar-refractivity contribution in [2.45, 2.75) is 43.9 Å². The minimum absolute atomic E-state index is 0.110. The molecule has 0 aliphatic heterocycles. The first-order valence-corrected chi connectivity index (χ1v) is 6.65. The Morgan fingerprint density at radius 2 is 2.11 bits per heavy atom. The van der Waals surface area contributed by atoms with Gasteiger partial charge in [0.2, 0.25) is 0 Å². The number of rotatable bonds is 0. The lowest BCUT2D eigenvalue weighted by atomic mass is 9.68. The topological polar surface area (TPSA) is 66.9 Å². The van der Waals surface area contributed by atoms with E-state index in [1.165, 1.54) is 6.07 Å². The van der Waals surface area contributed by atoms with E-state index in [1.807, 2.05) is 6.07 Å². The average Bonchev–Trinajstić information content (AvgIpc) is 2.75. The molecule has 0 heterocycles. The second-order valence-electron chi connectivity index (χ2n) is 5.51. The molecule has 4 heteroatoms. The van der Waals surface area contributed by atoms with E-state index in [1.54, 1.807) is 0 Å². The van der Waals surface area contributed by atoms with E-state index in [-0.39, 0.29) is 17.0 Å². The second kappa shape index (κ2) is 4.06. The van der Waals surface area contributed by atoms with Crippen molar-refractivity contribution in [2.75, 3.05) is 5.73 Å². The van der Waals surface area contributed by atoms with Crippen LogP contribution in [0.25, 0.3) is 0 Å². The molecule has 0 aromatic heterocycles. The number of hydrogen-bond donors (Lipinski definition) is 1. The van der Waals surface area contributed by atoms with Crippen molar-refractivity contribution < 1.29 is 9.18 Å². The van der Waals surface area contributed by atoms with E-state index >= 15 is 0 Å². The maximum atomic E-state index is 13.7. The first-order chi connectivity index (χ1) is 9.10. The van der Waals surface area contributed by atoms with Gasteiger partial charge >= 0.3 is 0 Å². The maximum absolute atomic E-state index is 13.7. The standard InChI is InChI=1S/C15H15FN2O/c16-11-7-9-4-6-15(5-2-1-3-12(15)19)13(9)10(8-17)14(11)18/h7H,1-6,18H2. The third kappa shape index (κ3) is 1.51. The molecule has 0 saturated heterocycles. The lowest BCUT2D eigenvalue weighted by molar-refractivity contribution is -0.126. The SMILES string of the molecule is N#Cc1c(N)c(F)cc2c1C1(CCCCC1=O)CC2. The summed E-state index contributed by atoms with van der Waals surface area (Å²) in [6.07, 6.45) is 4.56. The van der Waals surface area contributed by atoms with Crippen LogP contribution >= 0.6 is 0 Å². The van der Waals surface area contributed by atoms with Crippen LogP contribution in [0.5, 0.6) is 0 Å². The van der Waals surface area contributed by atoms with Crippen LogP contribution in [-0.2, 0) is 16.6 Å². The summed E-state index contributed by atoms with van der Waals surface area (Å²) < 4.78 is 13.7. The lowest BCUT2D eigenvalue weighted by Gasteiger charge is -2.33. The van der Waals surface area contributed by atoms with Gasteiger partial charge in [0.05, 0.1) is 16.7 Å². The van der Waals surface area contributed by atoms with Gasteiger partial charge in [-0.25, -0.2) is 4.39 Å². The van der Waals surface area contributed by atoms with E-state index in [9.17, 15) is 14.4 Å². The minimum Gasteiger partial charge on any atom is -0.395 e. The highest BCUT2D eigenvalue weighted by Gasteiger charge is 2.48. The molecule has 2 N–H and O–H groups in total. The number of halogens is 1. The molecule has 1 spiro atoms. The number of nitrogens with zero attached hydrogens (tertiary/aromatic N) is 1. The van der Waals surface area contributed by atoms with E-state index in [0.717, 1.165) is 30.4 Å². The van der Waals surface area contributed by atoms with Gasteiger partial charge in [0.15, 0.2) is 0 Å². The Bertz CT molecular complexity index is 618. The molecule has 1 aromatic rings. The summed E-state index contributed by atoms with van der Waals surface area (Å²) >= 11 is 0. The third-order valence-corrected chi connectivity index (χ3v) is 4.60. The van der Waals surface area contributed by atoms with Crippen LogP contribution in [0.4, 0.5) is 10.1 Å². The Kier molecular flexibility index (Phi) is 2.60.